The average molecular weight is 489 g/mol. The second kappa shape index (κ2) is 10.6. The predicted molar refractivity (Wildman–Crippen MR) is 126 cm³/mol. The number of benzene rings is 2. The Labute approximate surface area is 200 Å². The van der Waals surface area contributed by atoms with Gasteiger partial charge in [-0.1, -0.05) is 24.8 Å². The molecule has 0 saturated heterocycles. The number of amides is 1. The summed E-state index contributed by atoms with van der Waals surface area (Å²) in [5.74, 6) is 5.10. The van der Waals surface area contributed by atoms with Crippen molar-refractivity contribution in [2.45, 2.75) is 37.8 Å². The number of nitrogens with zero attached hydrogens (tertiary/aromatic N) is 2. The zero-order chi connectivity index (χ0) is 25.0. The van der Waals surface area contributed by atoms with E-state index in [1.165, 1.54) is 34.3 Å². The third-order valence-electron chi connectivity index (χ3n) is 5.83. The summed E-state index contributed by atoms with van der Waals surface area (Å²) in [6.07, 6.45) is -0.497. The molecule has 0 fully saturated rings. The lowest BCUT2D eigenvalue weighted by atomic mass is 10.0. The fraction of sp³-hybridized carbons (Fsp3) is 0.400. The van der Waals surface area contributed by atoms with Crippen molar-refractivity contribution >= 4 is 15.9 Å². The van der Waals surface area contributed by atoms with E-state index in [-0.39, 0.29) is 42.2 Å². The van der Waals surface area contributed by atoms with E-state index >= 15 is 0 Å². The number of aliphatic hydroxyl groups is 1. The summed E-state index contributed by atoms with van der Waals surface area (Å²) in [7, 11) is -2.32. The maximum atomic E-state index is 13.5. The van der Waals surface area contributed by atoms with Crippen molar-refractivity contribution < 1.29 is 27.4 Å². The second-order valence-electron chi connectivity index (χ2n) is 8.56. The predicted octanol–water partition coefficient (Wildman–Crippen LogP) is 2.47. The Kier molecular flexibility index (Phi) is 7.97. The molecule has 0 bridgehead atoms. The minimum Gasteiger partial charge on any atom is -0.487 e. The van der Waals surface area contributed by atoms with Gasteiger partial charge in [0, 0.05) is 43.6 Å². The molecule has 3 rings (SSSR count). The van der Waals surface area contributed by atoms with E-state index in [1.807, 2.05) is 6.92 Å². The van der Waals surface area contributed by atoms with Gasteiger partial charge in [-0.25, -0.2) is 12.8 Å². The number of ether oxygens (including phenoxy) is 1. The number of aliphatic hydroxyl groups excluding tert-OH is 1. The summed E-state index contributed by atoms with van der Waals surface area (Å²) in [5.41, 5.74) is 0.977. The maximum Gasteiger partial charge on any atom is 0.247 e. The van der Waals surface area contributed by atoms with Gasteiger partial charge in [-0.2, -0.15) is 4.31 Å². The first-order chi connectivity index (χ1) is 16.0. The second-order valence-corrected chi connectivity index (χ2v) is 10.4. The number of hydrogen-bond donors (Lipinski definition) is 1. The van der Waals surface area contributed by atoms with E-state index < -0.39 is 28.0 Å². The van der Waals surface area contributed by atoms with E-state index in [0.29, 0.717) is 11.1 Å². The van der Waals surface area contributed by atoms with Crippen molar-refractivity contribution in [3.8, 4) is 17.6 Å². The quantitative estimate of drug-likeness (QED) is 0.669. The van der Waals surface area contributed by atoms with Gasteiger partial charge in [0.05, 0.1) is 13.2 Å². The van der Waals surface area contributed by atoms with Crippen molar-refractivity contribution in [2.24, 2.45) is 5.92 Å². The van der Waals surface area contributed by atoms with Crippen LogP contribution in [0.2, 0.25) is 0 Å². The van der Waals surface area contributed by atoms with Gasteiger partial charge in [0.1, 0.15) is 22.6 Å². The molecular weight excluding hydrogens is 459 g/mol. The van der Waals surface area contributed by atoms with Crippen molar-refractivity contribution in [3.63, 3.8) is 0 Å². The molecule has 3 atom stereocenters. The zero-order valence-corrected chi connectivity index (χ0v) is 20.5. The molecule has 9 heteroatoms. The molecule has 1 heterocycles. The molecule has 1 aliphatic heterocycles. The summed E-state index contributed by atoms with van der Waals surface area (Å²) < 4.78 is 47.9. The van der Waals surface area contributed by atoms with Gasteiger partial charge in [0.15, 0.2) is 0 Å². The van der Waals surface area contributed by atoms with Crippen LogP contribution in [0.15, 0.2) is 47.4 Å². The lowest BCUT2D eigenvalue weighted by Gasteiger charge is -2.37. The number of halogens is 1. The third kappa shape index (κ3) is 5.76. The van der Waals surface area contributed by atoms with Crippen LogP contribution in [0.4, 0.5) is 4.39 Å². The van der Waals surface area contributed by atoms with Gasteiger partial charge in [-0.3, -0.25) is 4.79 Å². The Bertz CT molecular complexity index is 1220. The topological polar surface area (TPSA) is 87.2 Å². The molecule has 0 aromatic heterocycles. The van der Waals surface area contributed by atoms with Gasteiger partial charge in [-0.15, -0.1) is 0 Å². The first kappa shape index (κ1) is 25.7. The summed E-state index contributed by atoms with van der Waals surface area (Å²) in [6, 6.07) is 9.77. The highest BCUT2D eigenvalue weighted by atomic mass is 32.2. The van der Waals surface area contributed by atoms with Crippen LogP contribution in [0.3, 0.4) is 0 Å². The van der Waals surface area contributed by atoms with Crippen LogP contribution in [0, 0.1) is 23.6 Å². The van der Waals surface area contributed by atoms with Gasteiger partial charge in [-0.05, 0) is 43.3 Å². The molecule has 34 heavy (non-hydrogen) atoms. The molecule has 0 saturated carbocycles. The number of fused-ring (bicyclic) bond motifs is 1. The molecule has 0 radical (unpaired) electrons. The number of hydrogen-bond acceptors (Lipinski definition) is 5. The van der Waals surface area contributed by atoms with Crippen LogP contribution in [-0.2, 0) is 14.8 Å². The highest BCUT2D eigenvalue weighted by Gasteiger charge is 2.38. The number of sulfonamides is 1. The lowest BCUT2D eigenvalue weighted by Crippen LogP contribution is -2.50. The largest absolute Gasteiger partial charge is 0.487 e. The normalized spacial score (nSPS) is 20.5. The van der Waals surface area contributed by atoms with Crippen LogP contribution in [0.1, 0.15) is 31.9 Å². The molecular formula is C25H29FN2O5S. The number of carbonyl (C=O) groups excluding carboxylic acids is 1. The van der Waals surface area contributed by atoms with E-state index in [9.17, 15) is 22.7 Å². The van der Waals surface area contributed by atoms with Crippen LogP contribution in [0.5, 0.6) is 5.75 Å². The minimum absolute atomic E-state index is 0.0357. The third-order valence-corrected chi connectivity index (χ3v) is 7.85. The molecule has 7 nitrogen and oxygen atoms in total. The van der Waals surface area contributed by atoms with E-state index in [4.69, 9.17) is 4.74 Å². The molecule has 182 valence electrons. The Morgan fingerprint density at radius 2 is 1.94 bits per heavy atom. The molecule has 1 N–H and O–H groups in total. The number of rotatable bonds is 4. The molecule has 0 aliphatic carbocycles. The van der Waals surface area contributed by atoms with Crippen molar-refractivity contribution in [3.05, 3.63) is 59.4 Å². The summed E-state index contributed by atoms with van der Waals surface area (Å²) >= 11 is 0. The molecule has 2 aromatic carbocycles. The summed E-state index contributed by atoms with van der Waals surface area (Å²) in [4.78, 5) is 13.3. The highest BCUT2D eigenvalue weighted by molar-refractivity contribution is 7.89. The maximum absolute atomic E-state index is 13.5. The lowest BCUT2D eigenvalue weighted by molar-refractivity contribution is -0.129. The van der Waals surface area contributed by atoms with Crippen molar-refractivity contribution in [1.29, 1.82) is 0 Å². The Morgan fingerprint density at radius 1 is 1.26 bits per heavy atom. The standard InChI is InChI=1S/C25H29FN2O5S/c1-17-14-28(18(2)16-29)34(31,32)25-11-10-21(9-8-20-6-5-7-22(26)12-20)13-23(25)33-24(17)15-27(4)19(3)30/h5-7,10-13,17-18,24,29H,14-16H2,1-4H3/t17-,18-,24-/m1/s1. The fourth-order valence-corrected chi connectivity index (χ4v) is 5.46. The number of likely N-dealkylation sites (N-methyl/N-ethyl adjacent to an activating group) is 1. The van der Waals surface area contributed by atoms with Crippen LogP contribution in [0.25, 0.3) is 0 Å². The van der Waals surface area contributed by atoms with Crippen LogP contribution >= 0.6 is 0 Å². The highest BCUT2D eigenvalue weighted by Crippen LogP contribution is 2.34. The van der Waals surface area contributed by atoms with E-state index in [1.54, 1.807) is 38.2 Å². The zero-order valence-electron chi connectivity index (χ0n) is 19.7. The summed E-state index contributed by atoms with van der Waals surface area (Å²) in [6.45, 7) is 4.99. The van der Waals surface area contributed by atoms with Gasteiger partial charge in [0.25, 0.3) is 0 Å². The monoisotopic (exact) mass is 488 g/mol. The molecule has 1 amide bonds. The van der Waals surface area contributed by atoms with E-state index in [0.717, 1.165) is 0 Å². The summed E-state index contributed by atoms with van der Waals surface area (Å²) in [5, 5.41) is 9.71. The minimum atomic E-state index is -3.97. The van der Waals surface area contributed by atoms with Gasteiger partial charge < -0.3 is 14.7 Å². The molecule has 1 aliphatic rings. The molecule has 2 aromatic rings. The first-order valence-corrected chi connectivity index (χ1v) is 12.4. The Morgan fingerprint density at radius 3 is 2.56 bits per heavy atom. The van der Waals surface area contributed by atoms with Crippen molar-refractivity contribution in [1.82, 2.24) is 9.21 Å². The molecule has 0 spiro atoms. The van der Waals surface area contributed by atoms with Crippen molar-refractivity contribution in [2.75, 3.05) is 26.7 Å². The Balaban J connectivity index is 2.08. The van der Waals surface area contributed by atoms with Crippen LogP contribution < -0.4 is 4.74 Å². The Hall–Kier alpha value is -2.93. The molecule has 0 unspecified atom stereocenters. The smallest absolute Gasteiger partial charge is 0.247 e. The number of carbonyl (C=O) groups is 1. The fourth-order valence-electron chi connectivity index (χ4n) is 3.63. The van der Waals surface area contributed by atoms with Gasteiger partial charge in [0.2, 0.25) is 15.9 Å². The SMILES string of the molecule is CC(=O)N(C)C[C@H]1Oc2cc(C#Cc3cccc(F)c3)ccc2S(=O)(=O)N([C@H](C)CO)C[C@H]1C. The first-order valence-electron chi connectivity index (χ1n) is 11.0. The average Bonchev–Trinajstić information content (AvgIpc) is 2.79. The van der Waals surface area contributed by atoms with E-state index in [2.05, 4.69) is 11.8 Å². The van der Waals surface area contributed by atoms with Crippen LogP contribution in [-0.4, -0.2) is 67.5 Å². The van der Waals surface area contributed by atoms with Gasteiger partial charge >= 0.3 is 0 Å².